The molecule has 0 aliphatic heterocycles. The third kappa shape index (κ3) is 2.27. The van der Waals surface area contributed by atoms with E-state index < -0.39 is 5.97 Å². The molecule has 4 nitrogen and oxygen atoms in total. The average molecular weight is 223 g/mol. The molecule has 1 unspecified atom stereocenters. The summed E-state index contributed by atoms with van der Waals surface area (Å²) < 4.78 is 5.24. The van der Waals surface area contributed by atoms with Crippen molar-refractivity contribution in [3.05, 3.63) is 23.7 Å². The molecular weight excluding hydrogens is 206 g/mol. The molecule has 4 heteroatoms. The highest BCUT2D eigenvalue weighted by Crippen LogP contribution is 2.29. The van der Waals surface area contributed by atoms with E-state index >= 15 is 0 Å². The Balaban J connectivity index is 1.92. The number of hydrogen-bond acceptors (Lipinski definition) is 3. The first kappa shape index (κ1) is 11.2. The van der Waals surface area contributed by atoms with Crippen LogP contribution in [0, 0.1) is 5.92 Å². The van der Waals surface area contributed by atoms with Crippen molar-refractivity contribution in [2.75, 3.05) is 0 Å². The average Bonchev–Trinajstić information content (AvgIpc) is 2.63. The van der Waals surface area contributed by atoms with Gasteiger partial charge in [0.15, 0.2) is 0 Å². The predicted molar refractivity (Wildman–Crippen MR) is 59.4 cm³/mol. The second-order valence-corrected chi connectivity index (χ2v) is 4.67. The van der Waals surface area contributed by atoms with Crippen molar-refractivity contribution in [2.45, 2.75) is 38.8 Å². The minimum Gasteiger partial charge on any atom is -0.475 e. The van der Waals surface area contributed by atoms with Crippen LogP contribution in [0.3, 0.4) is 0 Å². The highest BCUT2D eigenvalue weighted by atomic mass is 16.4. The van der Waals surface area contributed by atoms with Gasteiger partial charge in [-0.25, -0.2) is 4.79 Å². The molecule has 0 aromatic carbocycles. The van der Waals surface area contributed by atoms with Crippen LogP contribution in [0.2, 0.25) is 0 Å². The molecule has 0 saturated heterocycles. The monoisotopic (exact) mass is 223 g/mol. The molecule has 16 heavy (non-hydrogen) atoms. The van der Waals surface area contributed by atoms with Crippen LogP contribution in [0.25, 0.3) is 0 Å². The SMILES string of the molecule is CC1CC(NC(C)c2ccc(C(=O)O)o2)C1. The largest absolute Gasteiger partial charge is 0.475 e. The van der Waals surface area contributed by atoms with Crippen LogP contribution < -0.4 is 5.32 Å². The van der Waals surface area contributed by atoms with Gasteiger partial charge < -0.3 is 14.8 Å². The maximum Gasteiger partial charge on any atom is 0.371 e. The van der Waals surface area contributed by atoms with Gasteiger partial charge in [-0.05, 0) is 37.8 Å². The van der Waals surface area contributed by atoms with Crippen LogP contribution in [-0.2, 0) is 0 Å². The smallest absolute Gasteiger partial charge is 0.371 e. The Morgan fingerprint density at radius 1 is 1.56 bits per heavy atom. The van der Waals surface area contributed by atoms with Gasteiger partial charge in [0.2, 0.25) is 5.76 Å². The van der Waals surface area contributed by atoms with E-state index in [1.807, 2.05) is 6.92 Å². The zero-order valence-corrected chi connectivity index (χ0v) is 9.56. The van der Waals surface area contributed by atoms with Gasteiger partial charge in [0.1, 0.15) is 5.76 Å². The van der Waals surface area contributed by atoms with Crippen molar-refractivity contribution in [1.82, 2.24) is 5.32 Å². The minimum atomic E-state index is -1.02. The normalized spacial score (nSPS) is 26.1. The number of carboxylic acids is 1. The van der Waals surface area contributed by atoms with E-state index in [2.05, 4.69) is 12.2 Å². The summed E-state index contributed by atoms with van der Waals surface area (Å²) >= 11 is 0. The summed E-state index contributed by atoms with van der Waals surface area (Å²) in [7, 11) is 0. The van der Waals surface area contributed by atoms with E-state index in [4.69, 9.17) is 9.52 Å². The Labute approximate surface area is 94.6 Å². The molecule has 1 aliphatic rings. The molecule has 0 bridgehead atoms. The number of aromatic carboxylic acids is 1. The van der Waals surface area contributed by atoms with Crippen LogP contribution in [0.4, 0.5) is 0 Å². The molecule has 1 heterocycles. The van der Waals surface area contributed by atoms with Crippen molar-refractivity contribution in [1.29, 1.82) is 0 Å². The molecule has 88 valence electrons. The summed E-state index contributed by atoms with van der Waals surface area (Å²) in [6, 6.07) is 3.84. The number of carbonyl (C=O) groups is 1. The van der Waals surface area contributed by atoms with Gasteiger partial charge in [-0.2, -0.15) is 0 Å². The van der Waals surface area contributed by atoms with E-state index in [9.17, 15) is 4.79 Å². The summed E-state index contributed by atoms with van der Waals surface area (Å²) in [6.45, 7) is 4.23. The Kier molecular flexibility index (Phi) is 3.01. The fraction of sp³-hybridized carbons (Fsp3) is 0.583. The van der Waals surface area contributed by atoms with Crippen LogP contribution in [0.15, 0.2) is 16.5 Å². The van der Waals surface area contributed by atoms with Gasteiger partial charge in [0.05, 0.1) is 6.04 Å². The molecule has 1 saturated carbocycles. The lowest BCUT2D eigenvalue weighted by Crippen LogP contribution is -2.41. The van der Waals surface area contributed by atoms with Crippen molar-refractivity contribution in [2.24, 2.45) is 5.92 Å². The predicted octanol–water partition coefficient (Wildman–Crippen LogP) is 2.43. The highest BCUT2D eigenvalue weighted by molar-refractivity contribution is 5.84. The number of carboxylic acid groups (broad SMARTS) is 1. The van der Waals surface area contributed by atoms with Gasteiger partial charge in [-0.15, -0.1) is 0 Å². The lowest BCUT2D eigenvalue weighted by molar-refractivity contribution is 0.0659. The lowest BCUT2D eigenvalue weighted by Gasteiger charge is -2.35. The fourth-order valence-corrected chi connectivity index (χ4v) is 2.17. The molecule has 0 spiro atoms. The molecule has 2 rings (SSSR count). The molecule has 1 aromatic heterocycles. The van der Waals surface area contributed by atoms with Crippen LogP contribution in [0.5, 0.6) is 0 Å². The third-order valence-corrected chi connectivity index (χ3v) is 3.12. The van der Waals surface area contributed by atoms with Gasteiger partial charge in [-0.1, -0.05) is 6.92 Å². The summed E-state index contributed by atoms with van der Waals surface area (Å²) in [5.41, 5.74) is 0. The standard InChI is InChI=1S/C12H17NO3/c1-7-5-9(6-7)13-8(2)10-3-4-11(16-10)12(14)15/h3-4,7-9,13H,5-6H2,1-2H3,(H,14,15). The number of rotatable bonds is 4. The maximum absolute atomic E-state index is 10.7. The van der Waals surface area contributed by atoms with Gasteiger partial charge >= 0.3 is 5.97 Å². The van der Waals surface area contributed by atoms with Gasteiger partial charge in [0, 0.05) is 6.04 Å². The Morgan fingerprint density at radius 2 is 2.25 bits per heavy atom. The van der Waals surface area contributed by atoms with Crippen molar-refractivity contribution in [3.8, 4) is 0 Å². The summed E-state index contributed by atoms with van der Waals surface area (Å²) in [5, 5.41) is 12.2. The molecule has 1 fully saturated rings. The van der Waals surface area contributed by atoms with E-state index in [0.717, 1.165) is 5.92 Å². The third-order valence-electron chi connectivity index (χ3n) is 3.12. The van der Waals surface area contributed by atoms with Crippen molar-refractivity contribution < 1.29 is 14.3 Å². The Hall–Kier alpha value is -1.29. The van der Waals surface area contributed by atoms with Crippen LogP contribution >= 0.6 is 0 Å². The summed E-state index contributed by atoms with van der Waals surface area (Å²) in [5.74, 6) is 0.481. The lowest BCUT2D eigenvalue weighted by atomic mass is 9.81. The van der Waals surface area contributed by atoms with E-state index in [0.29, 0.717) is 11.8 Å². The second-order valence-electron chi connectivity index (χ2n) is 4.67. The van der Waals surface area contributed by atoms with E-state index in [1.165, 1.54) is 18.9 Å². The summed E-state index contributed by atoms with van der Waals surface area (Å²) in [6.07, 6.45) is 2.38. The van der Waals surface area contributed by atoms with E-state index in [-0.39, 0.29) is 11.8 Å². The second kappa shape index (κ2) is 4.29. The number of nitrogens with one attached hydrogen (secondary N) is 1. The fourth-order valence-electron chi connectivity index (χ4n) is 2.17. The quantitative estimate of drug-likeness (QED) is 0.822. The van der Waals surface area contributed by atoms with E-state index in [1.54, 1.807) is 6.07 Å². The number of hydrogen-bond donors (Lipinski definition) is 2. The number of furan rings is 1. The first-order valence-electron chi connectivity index (χ1n) is 5.65. The van der Waals surface area contributed by atoms with Crippen LogP contribution in [-0.4, -0.2) is 17.1 Å². The first-order chi connectivity index (χ1) is 7.56. The Morgan fingerprint density at radius 3 is 2.75 bits per heavy atom. The topological polar surface area (TPSA) is 62.5 Å². The van der Waals surface area contributed by atoms with Crippen LogP contribution in [0.1, 0.15) is 49.0 Å². The molecule has 1 atom stereocenters. The highest BCUT2D eigenvalue weighted by Gasteiger charge is 2.27. The molecule has 2 N–H and O–H groups in total. The zero-order valence-electron chi connectivity index (χ0n) is 9.56. The minimum absolute atomic E-state index is 0.00521. The molecular formula is C12H17NO3. The van der Waals surface area contributed by atoms with Crippen molar-refractivity contribution >= 4 is 5.97 Å². The Bertz CT molecular complexity index is 379. The molecule has 1 aromatic rings. The maximum atomic E-state index is 10.7. The van der Waals surface area contributed by atoms with Gasteiger partial charge in [0.25, 0.3) is 0 Å². The van der Waals surface area contributed by atoms with Gasteiger partial charge in [-0.3, -0.25) is 0 Å². The molecule has 0 amide bonds. The molecule has 0 radical (unpaired) electrons. The van der Waals surface area contributed by atoms with Crippen molar-refractivity contribution in [3.63, 3.8) is 0 Å². The molecule has 1 aliphatic carbocycles. The zero-order chi connectivity index (χ0) is 11.7. The first-order valence-corrected chi connectivity index (χ1v) is 5.65. The summed E-state index contributed by atoms with van der Waals surface area (Å²) in [4.78, 5) is 10.7.